The molecule has 1 saturated heterocycles. The second kappa shape index (κ2) is 9.70. The summed E-state index contributed by atoms with van der Waals surface area (Å²) in [6.45, 7) is 7.50. The van der Waals surface area contributed by atoms with Gasteiger partial charge in [-0.1, -0.05) is 6.07 Å². The van der Waals surface area contributed by atoms with E-state index in [4.69, 9.17) is 4.74 Å². The molecule has 124 valence electrons. The third-order valence-corrected chi connectivity index (χ3v) is 3.83. The number of hydrogen-bond donors (Lipinski definition) is 2. The molecule has 0 spiro atoms. The first-order valence-electron chi connectivity index (χ1n) is 7.82. The molecule has 0 aliphatic carbocycles. The molecule has 0 bridgehead atoms. The molecule has 2 N–H and O–H groups in total. The van der Waals surface area contributed by atoms with Crippen molar-refractivity contribution in [1.29, 1.82) is 0 Å². The van der Waals surface area contributed by atoms with Gasteiger partial charge in [0.2, 0.25) is 5.91 Å². The first-order valence-corrected chi connectivity index (χ1v) is 7.82. The highest BCUT2D eigenvalue weighted by molar-refractivity contribution is 5.85. The van der Waals surface area contributed by atoms with E-state index >= 15 is 0 Å². The second-order valence-electron chi connectivity index (χ2n) is 5.92. The monoisotopic (exact) mass is 326 g/mol. The van der Waals surface area contributed by atoms with Crippen molar-refractivity contribution in [2.45, 2.75) is 33.1 Å². The van der Waals surface area contributed by atoms with Gasteiger partial charge in [0.1, 0.15) is 5.75 Å². The number of halogens is 1. The molecular formula is C17H27ClN2O2. The van der Waals surface area contributed by atoms with Crippen LogP contribution < -0.4 is 15.4 Å². The number of hydrogen-bond acceptors (Lipinski definition) is 3. The molecule has 1 atom stereocenters. The molecule has 1 heterocycles. The molecule has 22 heavy (non-hydrogen) atoms. The first kappa shape index (κ1) is 18.8. The maximum absolute atomic E-state index is 11.7. The van der Waals surface area contributed by atoms with Crippen LogP contribution in [0.3, 0.4) is 0 Å². The zero-order valence-electron chi connectivity index (χ0n) is 13.5. The summed E-state index contributed by atoms with van der Waals surface area (Å²) in [6, 6.07) is 6.10. The Bertz CT molecular complexity index is 453. The van der Waals surface area contributed by atoms with E-state index in [1.165, 1.54) is 17.5 Å². The van der Waals surface area contributed by atoms with Crippen molar-refractivity contribution in [3.05, 3.63) is 29.3 Å². The summed E-state index contributed by atoms with van der Waals surface area (Å²) in [7, 11) is 0. The first-order chi connectivity index (χ1) is 10.1. The summed E-state index contributed by atoms with van der Waals surface area (Å²) in [4.78, 5) is 11.7. The predicted molar refractivity (Wildman–Crippen MR) is 91.9 cm³/mol. The van der Waals surface area contributed by atoms with Gasteiger partial charge in [-0.2, -0.15) is 0 Å². The fourth-order valence-corrected chi connectivity index (χ4v) is 2.74. The standard InChI is InChI=1S/C17H26N2O2.ClH/c1-13-9-14(2)11-16(10-13)21-8-5-17(20)19-7-4-15-3-6-18-12-15;/h9-11,15,18H,3-8,12H2,1-2H3,(H,19,20);1H. The van der Waals surface area contributed by atoms with Crippen LogP contribution in [0.15, 0.2) is 18.2 Å². The molecule has 1 unspecified atom stereocenters. The Hall–Kier alpha value is -1.26. The van der Waals surface area contributed by atoms with Crippen molar-refractivity contribution >= 4 is 18.3 Å². The van der Waals surface area contributed by atoms with E-state index in [9.17, 15) is 4.79 Å². The minimum absolute atomic E-state index is 0. The average Bonchev–Trinajstić information content (AvgIpc) is 2.91. The molecule has 0 saturated carbocycles. The second-order valence-corrected chi connectivity index (χ2v) is 5.92. The Kier molecular flexibility index (Phi) is 8.28. The maximum atomic E-state index is 11.7. The quantitative estimate of drug-likeness (QED) is 0.810. The lowest BCUT2D eigenvalue weighted by molar-refractivity contribution is -0.121. The third kappa shape index (κ3) is 6.67. The Morgan fingerprint density at radius 1 is 1.32 bits per heavy atom. The van der Waals surface area contributed by atoms with Crippen molar-refractivity contribution in [2.24, 2.45) is 5.92 Å². The van der Waals surface area contributed by atoms with Gasteiger partial charge in [-0.3, -0.25) is 4.79 Å². The summed E-state index contributed by atoms with van der Waals surface area (Å²) >= 11 is 0. The smallest absolute Gasteiger partial charge is 0.223 e. The van der Waals surface area contributed by atoms with Crippen molar-refractivity contribution < 1.29 is 9.53 Å². The summed E-state index contributed by atoms with van der Waals surface area (Å²) in [6.07, 6.45) is 2.71. The van der Waals surface area contributed by atoms with Crippen LogP contribution >= 0.6 is 12.4 Å². The van der Waals surface area contributed by atoms with Gasteiger partial charge in [-0.25, -0.2) is 0 Å². The highest BCUT2D eigenvalue weighted by atomic mass is 35.5. The maximum Gasteiger partial charge on any atom is 0.223 e. The lowest BCUT2D eigenvalue weighted by atomic mass is 10.1. The summed E-state index contributed by atoms with van der Waals surface area (Å²) < 4.78 is 5.65. The Morgan fingerprint density at radius 3 is 2.68 bits per heavy atom. The van der Waals surface area contributed by atoms with E-state index in [2.05, 4.69) is 16.7 Å². The molecule has 0 radical (unpaired) electrons. The molecule has 4 nitrogen and oxygen atoms in total. The van der Waals surface area contributed by atoms with E-state index in [1.54, 1.807) is 0 Å². The minimum Gasteiger partial charge on any atom is -0.493 e. The molecule has 1 aliphatic heterocycles. The van der Waals surface area contributed by atoms with Crippen LogP contribution in [0.25, 0.3) is 0 Å². The summed E-state index contributed by atoms with van der Waals surface area (Å²) in [5.41, 5.74) is 2.36. The number of rotatable bonds is 7. The van der Waals surface area contributed by atoms with Gasteiger partial charge in [-0.05, 0) is 69.0 Å². The lowest BCUT2D eigenvalue weighted by Gasteiger charge is -2.10. The van der Waals surface area contributed by atoms with Crippen molar-refractivity contribution in [3.63, 3.8) is 0 Å². The van der Waals surface area contributed by atoms with Gasteiger partial charge < -0.3 is 15.4 Å². The fraction of sp³-hybridized carbons (Fsp3) is 0.588. The number of aryl methyl sites for hydroxylation is 2. The van der Waals surface area contributed by atoms with Crippen LogP contribution in [0.5, 0.6) is 5.75 Å². The van der Waals surface area contributed by atoms with E-state index < -0.39 is 0 Å². The SMILES string of the molecule is Cc1cc(C)cc(OCCC(=O)NCCC2CCNC2)c1.Cl. The molecular weight excluding hydrogens is 300 g/mol. The van der Waals surface area contributed by atoms with Gasteiger partial charge >= 0.3 is 0 Å². The molecule has 2 rings (SSSR count). The number of carbonyl (C=O) groups excluding carboxylic acids is 1. The molecule has 1 aromatic carbocycles. The number of nitrogens with one attached hydrogen (secondary N) is 2. The number of amides is 1. The molecule has 5 heteroatoms. The zero-order valence-corrected chi connectivity index (χ0v) is 14.3. The van der Waals surface area contributed by atoms with Crippen molar-refractivity contribution in [2.75, 3.05) is 26.2 Å². The van der Waals surface area contributed by atoms with E-state index in [1.807, 2.05) is 26.0 Å². The fourth-order valence-electron chi connectivity index (χ4n) is 2.74. The molecule has 1 fully saturated rings. The predicted octanol–water partition coefficient (Wildman–Crippen LogP) is 2.61. The normalized spacial score (nSPS) is 16.9. The lowest BCUT2D eigenvalue weighted by Crippen LogP contribution is -2.27. The van der Waals surface area contributed by atoms with Gasteiger partial charge in [0.25, 0.3) is 0 Å². The van der Waals surface area contributed by atoms with Gasteiger partial charge in [0.15, 0.2) is 0 Å². The van der Waals surface area contributed by atoms with E-state index in [0.717, 1.165) is 37.7 Å². The van der Waals surface area contributed by atoms with Crippen molar-refractivity contribution in [3.8, 4) is 5.75 Å². The zero-order chi connectivity index (χ0) is 15.1. The van der Waals surface area contributed by atoms with Gasteiger partial charge in [-0.15, -0.1) is 12.4 Å². The van der Waals surface area contributed by atoms with Crippen LogP contribution in [0.1, 0.15) is 30.4 Å². The Morgan fingerprint density at radius 2 is 2.05 bits per heavy atom. The third-order valence-electron chi connectivity index (χ3n) is 3.83. The molecule has 1 aliphatic rings. The van der Waals surface area contributed by atoms with Gasteiger partial charge in [0, 0.05) is 6.54 Å². The minimum atomic E-state index is 0. The Balaban J connectivity index is 0.00000242. The number of carbonyl (C=O) groups is 1. The molecule has 1 aromatic rings. The van der Waals surface area contributed by atoms with Crippen LogP contribution in [0.2, 0.25) is 0 Å². The Labute approximate surface area is 139 Å². The van der Waals surface area contributed by atoms with Crippen LogP contribution in [0, 0.1) is 19.8 Å². The average molecular weight is 327 g/mol. The van der Waals surface area contributed by atoms with Crippen LogP contribution in [-0.2, 0) is 4.79 Å². The number of benzene rings is 1. The number of ether oxygens (including phenoxy) is 1. The van der Waals surface area contributed by atoms with Crippen LogP contribution in [-0.4, -0.2) is 32.1 Å². The summed E-state index contributed by atoms with van der Waals surface area (Å²) in [5, 5.41) is 6.31. The largest absolute Gasteiger partial charge is 0.493 e. The van der Waals surface area contributed by atoms with E-state index in [0.29, 0.717) is 13.0 Å². The topological polar surface area (TPSA) is 50.4 Å². The van der Waals surface area contributed by atoms with Gasteiger partial charge in [0.05, 0.1) is 13.0 Å². The summed E-state index contributed by atoms with van der Waals surface area (Å²) in [5.74, 6) is 1.64. The molecule has 0 aromatic heterocycles. The molecule has 1 amide bonds. The van der Waals surface area contributed by atoms with Crippen molar-refractivity contribution in [1.82, 2.24) is 10.6 Å². The van der Waals surface area contributed by atoms with E-state index in [-0.39, 0.29) is 18.3 Å². The highest BCUT2D eigenvalue weighted by Crippen LogP contribution is 2.16. The highest BCUT2D eigenvalue weighted by Gasteiger charge is 2.14. The van der Waals surface area contributed by atoms with Crippen LogP contribution in [0.4, 0.5) is 0 Å².